The van der Waals surface area contributed by atoms with Gasteiger partial charge in [-0.05, 0) is 19.3 Å². The summed E-state index contributed by atoms with van der Waals surface area (Å²) in [6, 6.07) is 0. The van der Waals surface area contributed by atoms with E-state index in [2.05, 4.69) is 9.72 Å². The van der Waals surface area contributed by atoms with Crippen LogP contribution in [-0.2, 0) is 20.8 Å². The third kappa shape index (κ3) is 4.07. The predicted octanol–water partition coefficient (Wildman–Crippen LogP) is 1.63. The number of oxazole rings is 1. The van der Waals surface area contributed by atoms with Crippen molar-refractivity contribution < 1.29 is 23.5 Å². The van der Waals surface area contributed by atoms with E-state index in [0.29, 0.717) is 19.0 Å². The number of carbonyl (C=O) groups excluding carboxylic acids is 2. The van der Waals surface area contributed by atoms with Gasteiger partial charge >= 0.3 is 5.97 Å². The van der Waals surface area contributed by atoms with E-state index in [-0.39, 0.29) is 24.1 Å². The fourth-order valence-corrected chi connectivity index (χ4v) is 2.33. The number of hydrogen-bond acceptors (Lipinski definition) is 6. The highest BCUT2D eigenvalue weighted by Crippen LogP contribution is 2.28. The smallest absolute Gasteiger partial charge is 0.360 e. The average molecular weight is 310 g/mol. The van der Waals surface area contributed by atoms with Gasteiger partial charge in [0.1, 0.15) is 6.26 Å². The van der Waals surface area contributed by atoms with E-state index in [1.54, 1.807) is 12.0 Å². The van der Waals surface area contributed by atoms with Gasteiger partial charge in [-0.1, -0.05) is 6.42 Å². The molecule has 0 radical (unpaired) electrons. The summed E-state index contributed by atoms with van der Waals surface area (Å²) in [6.07, 6.45) is 4.99. The zero-order chi connectivity index (χ0) is 15.9. The molecule has 1 amide bonds. The molecule has 0 atom stereocenters. The maximum absolute atomic E-state index is 12.4. The topological polar surface area (TPSA) is 81.9 Å². The molecule has 0 aromatic carbocycles. The van der Waals surface area contributed by atoms with Crippen LogP contribution in [0.2, 0.25) is 0 Å². The summed E-state index contributed by atoms with van der Waals surface area (Å²) in [5.41, 5.74) is 0.116. The summed E-state index contributed by atoms with van der Waals surface area (Å²) in [4.78, 5) is 29.6. The van der Waals surface area contributed by atoms with E-state index in [1.165, 1.54) is 13.4 Å². The maximum Gasteiger partial charge on any atom is 0.360 e. The number of aromatic nitrogens is 1. The van der Waals surface area contributed by atoms with Crippen LogP contribution in [-0.4, -0.2) is 49.1 Å². The third-order valence-electron chi connectivity index (χ3n) is 3.81. The number of nitrogens with zero attached hydrogens (tertiary/aromatic N) is 2. The molecule has 0 bridgehead atoms. The van der Waals surface area contributed by atoms with Crippen molar-refractivity contribution in [1.29, 1.82) is 0 Å². The molecule has 1 fully saturated rings. The highest BCUT2D eigenvalue weighted by atomic mass is 16.5. The summed E-state index contributed by atoms with van der Waals surface area (Å²) < 4.78 is 14.9. The normalized spacial score (nSPS) is 14.5. The summed E-state index contributed by atoms with van der Waals surface area (Å²) in [6.45, 7) is 1.43. The standard InChI is InChI=1S/C15H22N2O5/c1-20-8-4-7-17(14(18)11-5-3-6-11)9-13-16-12(10-22-13)15(19)21-2/h10-11H,3-9H2,1-2H3. The van der Waals surface area contributed by atoms with Gasteiger partial charge in [0, 0.05) is 26.2 Å². The number of esters is 1. The van der Waals surface area contributed by atoms with Gasteiger partial charge in [-0.2, -0.15) is 0 Å². The molecular weight excluding hydrogens is 288 g/mol. The molecule has 0 aliphatic heterocycles. The number of hydrogen-bond donors (Lipinski definition) is 0. The second-order valence-electron chi connectivity index (χ2n) is 5.35. The van der Waals surface area contributed by atoms with Crippen LogP contribution in [0.3, 0.4) is 0 Å². The summed E-state index contributed by atoms with van der Waals surface area (Å²) in [5.74, 6) is 0.0227. The Morgan fingerprint density at radius 2 is 2.18 bits per heavy atom. The van der Waals surface area contributed by atoms with Crippen LogP contribution in [0.1, 0.15) is 42.1 Å². The highest BCUT2D eigenvalue weighted by Gasteiger charge is 2.30. The van der Waals surface area contributed by atoms with E-state index < -0.39 is 5.97 Å². The van der Waals surface area contributed by atoms with Crippen LogP contribution < -0.4 is 0 Å². The first kappa shape index (κ1) is 16.5. The Labute approximate surface area is 129 Å². The van der Waals surface area contributed by atoms with Crippen molar-refractivity contribution in [2.24, 2.45) is 5.92 Å². The Kier molecular flexibility index (Phi) is 5.94. The van der Waals surface area contributed by atoms with Gasteiger partial charge in [0.25, 0.3) is 0 Å². The van der Waals surface area contributed by atoms with Crippen LogP contribution >= 0.6 is 0 Å². The first-order valence-corrected chi connectivity index (χ1v) is 7.46. The van der Waals surface area contributed by atoms with Crippen LogP contribution in [0, 0.1) is 5.92 Å². The van der Waals surface area contributed by atoms with Gasteiger partial charge in [-0.3, -0.25) is 4.79 Å². The summed E-state index contributed by atoms with van der Waals surface area (Å²) in [7, 11) is 2.92. The van der Waals surface area contributed by atoms with E-state index in [1.807, 2.05) is 0 Å². The SMILES string of the molecule is COCCCN(Cc1nc(C(=O)OC)co1)C(=O)C1CCC1. The molecule has 0 N–H and O–H groups in total. The number of carbonyl (C=O) groups is 2. The zero-order valence-corrected chi connectivity index (χ0v) is 13.0. The van der Waals surface area contributed by atoms with E-state index in [0.717, 1.165) is 25.7 Å². The molecule has 2 rings (SSSR count). The van der Waals surface area contributed by atoms with Gasteiger partial charge in [0.2, 0.25) is 11.8 Å². The van der Waals surface area contributed by atoms with Gasteiger partial charge in [-0.25, -0.2) is 9.78 Å². The lowest BCUT2D eigenvalue weighted by atomic mass is 9.84. The monoisotopic (exact) mass is 310 g/mol. The van der Waals surface area contributed by atoms with Gasteiger partial charge in [-0.15, -0.1) is 0 Å². The molecule has 1 aliphatic carbocycles. The fourth-order valence-electron chi connectivity index (χ4n) is 2.33. The fraction of sp³-hybridized carbons (Fsp3) is 0.667. The Morgan fingerprint density at radius 3 is 2.77 bits per heavy atom. The lowest BCUT2D eigenvalue weighted by Crippen LogP contribution is -2.39. The Hall–Kier alpha value is -1.89. The Balaban J connectivity index is 1.99. The quantitative estimate of drug-likeness (QED) is 0.536. The molecule has 0 spiro atoms. The minimum Gasteiger partial charge on any atom is -0.464 e. The zero-order valence-electron chi connectivity index (χ0n) is 13.0. The van der Waals surface area contributed by atoms with E-state index in [9.17, 15) is 9.59 Å². The summed E-state index contributed by atoms with van der Waals surface area (Å²) >= 11 is 0. The summed E-state index contributed by atoms with van der Waals surface area (Å²) in [5, 5.41) is 0. The van der Waals surface area contributed by atoms with Crippen molar-refractivity contribution in [1.82, 2.24) is 9.88 Å². The number of methoxy groups -OCH3 is 2. The molecule has 122 valence electrons. The van der Waals surface area contributed by atoms with E-state index >= 15 is 0 Å². The molecule has 1 aliphatic rings. The second-order valence-corrected chi connectivity index (χ2v) is 5.35. The van der Waals surface area contributed by atoms with Gasteiger partial charge in [0.15, 0.2) is 5.69 Å². The minimum atomic E-state index is -0.550. The molecule has 1 saturated carbocycles. The molecule has 7 nitrogen and oxygen atoms in total. The first-order valence-electron chi connectivity index (χ1n) is 7.46. The minimum absolute atomic E-state index is 0.109. The number of ether oxygens (including phenoxy) is 2. The molecule has 7 heteroatoms. The first-order chi connectivity index (χ1) is 10.7. The van der Waals surface area contributed by atoms with Gasteiger partial charge in [0.05, 0.1) is 13.7 Å². The largest absolute Gasteiger partial charge is 0.464 e. The second kappa shape index (κ2) is 7.93. The van der Waals surface area contributed by atoms with Crippen LogP contribution in [0.15, 0.2) is 10.7 Å². The molecule has 1 aromatic rings. The van der Waals surface area contributed by atoms with Crippen molar-refractivity contribution in [3.8, 4) is 0 Å². The van der Waals surface area contributed by atoms with Crippen molar-refractivity contribution in [2.75, 3.05) is 27.4 Å². The van der Waals surface area contributed by atoms with Crippen LogP contribution in [0.4, 0.5) is 0 Å². The lowest BCUT2D eigenvalue weighted by Gasteiger charge is -2.31. The van der Waals surface area contributed by atoms with Crippen LogP contribution in [0.5, 0.6) is 0 Å². The molecular formula is C15H22N2O5. The van der Waals surface area contributed by atoms with E-state index in [4.69, 9.17) is 9.15 Å². The number of amides is 1. The van der Waals surface area contributed by atoms with Crippen molar-refractivity contribution in [3.05, 3.63) is 17.8 Å². The maximum atomic E-state index is 12.4. The third-order valence-corrected chi connectivity index (χ3v) is 3.81. The van der Waals surface area contributed by atoms with Crippen molar-refractivity contribution in [3.63, 3.8) is 0 Å². The lowest BCUT2D eigenvalue weighted by molar-refractivity contribution is -0.139. The molecule has 1 aromatic heterocycles. The van der Waals surface area contributed by atoms with Gasteiger partial charge < -0.3 is 18.8 Å². The molecule has 1 heterocycles. The van der Waals surface area contributed by atoms with Crippen molar-refractivity contribution in [2.45, 2.75) is 32.2 Å². The Morgan fingerprint density at radius 1 is 1.41 bits per heavy atom. The number of rotatable bonds is 8. The van der Waals surface area contributed by atoms with Crippen LogP contribution in [0.25, 0.3) is 0 Å². The predicted molar refractivity (Wildman–Crippen MR) is 77.1 cm³/mol. The Bertz CT molecular complexity index is 510. The van der Waals surface area contributed by atoms with Crippen molar-refractivity contribution >= 4 is 11.9 Å². The molecule has 22 heavy (non-hydrogen) atoms. The molecule has 0 saturated heterocycles. The highest BCUT2D eigenvalue weighted by molar-refractivity contribution is 5.86. The average Bonchev–Trinajstić information content (AvgIpc) is 2.92. The molecule has 0 unspecified atom stereocenters.